The van der Waals surface area contributed by atoms with Crippen molar-refractivity contribution in [3.63, 3.8) is 0 Å². The summed E-state index contributed by atoms with van der Waals surface area (Å²) in [6, 6.07) is 20.4. The monoisotopic (exact) mass is 409 g/mol. The normalized spacial score (nSPS) is 12.7. The molecule has 0 saturated carbocycles. The van der Waals surface area contributed by atoms with E-state index >= 15 is 0 Å². The lowest BCUT2D eigenvalue weighted by atomic mass is 10.1. The highest BCUT2D eigenvalue weighted by Crippen LogP contribution is 2.37. The van der Waals surface area contributed by atoms with Gasteiger partial charge in [0.1, 0.15) is 18.2 Å². The highest BCUT2D eigenvalue weighted by molar-refractivity contribution is 5.70. The molecule has 0 bridgehead atoms. The molecule has 1 aliphatic rings. The van der Waals surface area contributed by atoms with Gasteiger partial charge in [-0.1, -0.05) is 18.2 Å². The standard InChI is InChI=1S/C25H23N5O/c1-2-10-24-23(9-1)30(16-17-31-24)25-20(6-3-14-28-25)11-15-29(21-7-4-12-26-18-21)22-8-5-13-27-19-22/h1-10,12-14,18-19H,11,15-17H2. The Labute approximate surface area is 181 Å². The summed E-state index contributed by atoms with van der Waals surface area (Å²) in [5.41, 5.74) is 4.33. The number of rotatable bonds is 6. The molecule has 6 nitrogen and oxygen atoms in total. The molecule has 0 unspecified atom stereocenters. The van der Waals surface area contributed by atoms with Gasteiger partial charge in [-0.3, -0.25) is 9.97 Å². The Balaban J connectivity index is 1.45. The van der Waals surface area contributed by atoms with Crippen LogP contribution in [0.15, 0.2) is 91.6 Å². The Hall–Kier alpha value is -3.93. The van der Waals surface area contributed by atoms with Crippen molar-refractivity contribution in [1.29, 1.82) is 0 Å². The highest BCUT2D eigenvalue weighted by Gasteiger charge is 2.22. The molecule has 4 heterocycles. The Bertz CT molecular complexity index is 1100. The van der Waals surface area contributed by atoms with Crippen LogP contribution in [-0.4, -0.2) is 34.6 Å². The smallest absolute Gasteiger partial charge is 0.143 e. The van der Waals surface area contributed by atoms with Gasteiger partial charge in [0.15, 0.2) is 0 Å². The first-order chi connectivity index (χ1) is 15.4. The molecule has 0 saturated heterocycles. The van der Waals surface area contributed by atoms with Crippen molar-refractivity contribution in [1.82, 2.24) is 15.0 Å². The van der Waals surface area contributed by atoms with E-state index in [0.29, 0.717) is 6.61 Å². The van der Waals surface area contributed by atoms with Gasteiger partial charge in [0.2, 0.25) is 0 Å². The number of para-hydroxylation sites is 2. The first-order valence-corrected chi connectivity index (χ1v) is 10.4. The van der Waals surface area contributed by atoms with Crippen LogP contribution < -0.4 is 14.5 Å². The first-order valence-electron chi connectivity index (χ1n) is 10.4. The number of benzene rings is 1. The first kappa shape index (κ1) is 19.1. The molecule has 0 N–H and O–H groups in total. The number of ether oxygens (including phenoxy) is 1. The molecule has 0 spiro atoms. The molecule has 0 radical (unpaired) electrons. The summed E-state index contributed by atoms with van der Waals surface area (Å²) in [5, 5.41) is 0. The van der Waals surface area contributed by atoms with E-state index in [9.17, 15) is 0 Å². The van der Waals surface area contributed by atoms with Crippen molar-refractivity contribution in [2.45, 2.75) is 6.42 Å². The van der Waals surface area contributed by atoms with Crippen LogP contribution in [0.5, 0.6) is 5.75 Å². The molecule has 0 amide bonds. The number of anilines is 4. The third-order valence-electron chi connectivity index (χ3n) is 5.37. The van der Waals surface area contributed by atoms with Gasteiger partial charge < -0.3 is 14.5 Å². The summed E-state index contributed by atoms with van der Waals surface area (Å²) in [5.74, 6) is 1.88. The second kappa shape index (κ2) is 8.83. The SMILES string of the molecule is c1cncc(N(CCc2cccnc2N2CCOc3ccccc32)c2cccnc2)c1. The van der Waals surface area contributed by atoms with Crippen LogP contribution in [0.4, 0.5) is 22.9 Å². The van der Waals surface area contributed by atoms with Gasteiger partial charge in [-0.15, -0.1) is 0 Å². The minimum atomic E-state index is 0.643. The topological polar surface area (TPSA) is 54.4 Å². The average Bonchev–Trinajstić information content (AvgIpc) is 2.85. The van der Waals surface area contributed by atoms with Crippen molar-refractivity contribution < 1.29 is 4.74 Å². The molecule has 0 atom stereocenters. The van der Waals surface area contributed by atoms with E-state index in [2.05, 4.69) is 44.0 Å². The Morgan fingerprint density at radius 3 is 2.32 bits per heavy atom. The molecule has 154 valence electrons. The van der Waals surface area contributed by atoms with E-state index in [4.69, 9.17) is 9.72 Å². The molecule has 6 heteroatoms. The lowest BCUT2D eigenvalue weighted by Crippen LogP contribution is -2.30. The number of aromatic nitrogens is 3. The molecular formula is C25H23N5O. The van der Waals surface area contributed by atoms with Crippen LogP contribution in [0.1, 0.15) is 5.56 Å². The number of nitrogens with zero attached hydrogens (tertiary/aromatic N) is 5. The average molecular weight is 409 g/mol. The van der Waals surface area contributed by atoms with Crippen molar-refractivity contribution in [2.24, 2.45) is 0 Å². The summed E-state index contributed by atoms with van der Waals surface area (Å²) >= 11 is 0. The maximum atomic E-state index is 5.84. The summed E-state index contributed by atoms with van der Waals surface area (Å²) < 4.78 is 5.84. The summed E-state index contributed by atoms with van der Waals surface area (Å²) in [4.78, 5) is 17.9. The zero-order valence-electron chi connectivity index (χ0n) is 17.1. The zero-order valence-corrected chi connectivity index (χ0v) is 17.1. The van der Waals surface area contributed by atoms with E-state index in [1.165, 1.54) is 5.56 Å². The van der Waals surface area contributed by atoms with E-state index in [1.807, 2.05) is 55.0 Å². The number of hydrogen-bond donors (Lipinski definition) is 0. The Morgan fingerprint density at radius 2 is 1.58 bits per heavy atom. The van der Waals surface area contributed by atoms with Gasteiger partial charge in [0, 0.05) is 25.1 Å². The fourth-order valence-electron chi connectivity index (χ4n) is 3.92. The van der Waals surface area contributed by atoms with Crippen molar-refractivity contribution >= 4 is 22.9 Å². The molecule has 1 aromatic carbocycles. The van der Waals surface area contributed by atoms with Crippen molar-refractivity contribution in [3.05, 3.63) is 97.2 Å². The van der Waals surface area contributed by atoms with Crippen LogP contribution in [-0.2, 0) is 6.42 Å². The molecular weight excluding hydrogens is 386 g/mol. The molecule has 4 aromatic rings. The molecule has 0 fully saturated rings. The minimum absolute atomic E-state index is 0.643. The zero-order chi connectivity index (χ0) is 20.9. The fourth-order valence-corrected chi connectivity index (χ4v) is 3.92. The summed E-state index contributed by atoms with van der Waals surface area (Å²) in [7, 11) is 0. The number of fused-ring (bicyclic) bond motifs is 1. The van der Waals surface area contributed by atoms with E-state index in [1.54, 1.807) is 12.4 Å². The maximum absolute atomic E-state index is 5.84. The van der Waals surface area contributed by atoms with Gasteiger partial charge in [0.25, 0.3) is 0 Å². The van der Waals surface area contributed by atoms with E-state index < -0.39 is 0 Å². The second-order valence-electron chi connectivity index (χ2n) is 7.28. The Kier molecular flexibility index (Phi) is 5.43. The van der Waals surface area contributed by atoms with Crippen molar-refractivity contribution in [2.75, 3.05) is 29.5 Å². The van der Waals surface area contributed by atoms with Gasteiger partial charge in [-0.25, -0.2) is 4.98 Å². The van der Waals surface area contributed by atoms with Crippen LogP contribution in [0, 0.1) is 0 Å². The molecule has 3 aromatic heterocycles. The molecule has 0 aliphatic carbocycles. The van der Waals surface area contributed by atoms with Gasteiger partial charge >= 0.3 is 0 Å². The van der Waals surface area contributed by atoms with Crippen LogP contribution in [0.3, 0.4) is 0 Å². The third-order valence-corrected chi connectivity index (χ3v) is 5.37. The lowest BCUT2D eigenvalue weighted by molar-refractivity contribution is 0.313. The second-order valence-corrected chi connectivity index (χ2v) is 7.28. The predicted molar refractivity (Wildman–Crippen MR) is 122 cm³/mol. The third kappa shape index (κ3) is 4.05. The highest BCUT2D eigenvalue weighted by atomic mass is 16.5. The minimum Gasteiger partial charge on any atom is -0.490 e. The molecule has 31 heavy (non-hydrogen) atoms. The lowest BCUT2D eigenvalue weighted by Gasteiger charge is -2.32. The van der Waals surface area contributed by atoms with Gasteiger partial charge in [-0.05, 0) is 54.4 Å². The maximum Gasteiger partial charge on any atom is 0.143 e. The predicted octanol–water partition coefficient (Wildman–Crippen LogP) is 4.78. The largest absolute Gasteiger partial charge is 0.490 e. The molecule has 5 rings (SSSR count). The van der Waals surface area contributed by atoms with Crippen LogP contribution >= 0.6 is 0 Å². The fraction of sp³-hybridized carbons (Fsp3) is 0.160. The summed E-state index contributed by atoms with van der Waals surface area (Å²) in [6.07, 6.45) is 10.0. The quantitative estimate of drug-likeness (QED) is 0.457. The number of pyridine rings is 3. The number of hydrogen-bond acceptors (Lipinski definition) is 6. The van der Waals surface area contributed by atoms with Gasteiger partial charge in [-0.2, -0.15) is 0 Å². The summed E-state index contributed by atoms with van der Waals surface area (Å²) in [6.45, 7) is 2.20. The van der Waals surface area contributed by atoms with E-state index in [-0.39, 0.29) is 0 Å². The molecule has 1 aliphatic heterocycles. The van der Waals surface area contributed by atoms with Crippen molar-refractivity contribution in [3.8, 4) is 5.75 Å². The van der Waals surface area contributed by atoms with Crippen LogP contribution in [0.25, 0.3) is 0 Å². The Morgan fingerprint density at radius 1 is 0.839 bits per heavy atom. The van der Waals surface area contributed by atoms with E-state index in [0.717, 1.165) is 48.1 Å². The van der Waals surface area contributed by atoms with Gasteiger partial charge in [0.05, 0.1) is 36.0 Å². The van der Waals surface area contributed by atoms with Crippen LogP contribution in [0.2, 0.25) is 0 Å².